The largest absolute Gasteiger partial charge is 0.281 e. The van der Waals surface area contributed by atoms with Crippen molar-refractivity contribution in [1.29, 1.82) is 0 Å². The molecule has 0 unspecified atom stereocenters. The first-order chi connectivity index (χ1) is 14.5. The van der Waals surface area contributed by atoms with Gasteiger partial charge in [-0.3, -0.25) is 14.0 Å². The Bertz CT molecular complexity index is 1250. The Morgan fingerprint density at radius 3 is 2.17 bits per heavy atom. The molecule has 0 N–H and O–H groups in total. The van der Waals surface area contributed by atoms with Crippen molar-refractivity contribution in [2.75, 3.05) is 0 Å². The molecule has 30 heavy (non-hydrogen) atoms. The molecule has 2 aromatic heterocycles. The van der Waals surface area contributed by atoms with E-state index in [4.69, 9.17) is 4.98 Å². The fraction of sp³-hybridized carbons (Fsp3) is 0.227. The summed E-state index contributed by atoms with van der Waals surface area (Å²) in [6, 6.07) is 12.3. The molecule has 5 nitrogen and oxygen atoms in total. The minimum atomic E-state index is -0.328. The van der Waals surface area contributed by atoms with Gasteiger partial charge in [0.2, 0.25) is 0 Å². The first kappa shape index (κ1) is 20.3. The van der Waals surface area contributed by atoms with Gasteiger partial charge < -0.3 is 0 Å². The highest BCUT2D eigenvalue weighted by molar-refractivity contribution is 7.98. The summed E-state index contributed by atoms with van der Waals surface area (Å²) >= 11 is 1.40. The molecule has 8 heteroatoms. The monoisotopic (exact) mass is 426 g/mol. The van der Waals surface area contributed by atoms with Gasteiger partial charge >= 0.3 is 0 Å². The number of benzene rings is 2. The van der Waals surface area contributed by atoms with E-state index >= 15 is 0 Å². The van der Waals surface area contributed by atoms with Crippen molar-refractivity contribution in [2.45, 2.75) is 37.8 Å². The lowest BCUT2D eigenvalue weighted by molar-refractivity contribution is 0.620. The third-order valence-electron chi connectivity index (χ3n) is 4.82. The van der Waals surface area contributed by atoms with Gasteiger partial charge in [-0.05, 0) is 49.2 Å². The van der Waals surface area contributed by atoms with Crippen LogP contribution in [0.25, 0.3) is 11.0 Å². The van der Waals surface area contributed by atoms with E-state index in [-0.39, 0.29) is 23.7 Å². The quantitative estimate of drug-likeness (QED) is 0.336. The maximum Gasteiger partial charge on any atom is 0.280 e. The molecule has 0 amide bonds. The number of fused-ring (bicyclic) bond motifs is 1. The molecule has 0 saturated heterocycles. The number of aryl methyl sites for hydroxylation is 2. The number of aromatic nitrogens is 4. The van der Waals surface area contributed by atoms with E-state index in [0.717, 1.165) is 11.1 Å². The van der Waals surface area contributed by atoms with E-state index in [9.17, 15) is 13.6 Å². The van der Waals surface area contributed by atoms with Crippen molar-refractivity contribution in [3.8, 4) is 0 Å². The van der Waals surface area contributed by atoms with Crippen LogP contribution in [0.3, 0.4) is 0 Å². The molecule has 0 fully saturated rings. The third kappa shape index (κ3) is 4.00. The van der Waals surface area contributed by atoms with E-state index in [1.54, 1.807) is 33.5 Å². The molecule has 0 aliphatic rings. The summed E-state index contributed by atoms with van der Waals surface area (Å²) in [4.78, 5) is 18.1. The second-order valence-corrected chi connectivity index (χ2v) is 7.87. The van der Waals surface area contributed by atoms with Crippen molar-refractivity contribution >= 4 is 22.8 Å². The van der Waals surface area contributed by atoms with Crippen LogP contribution in [0, 0.1) is 18.6 Å². The average molecular weight is 426 g/mol. The summed E-state index contributed by atoms with van der Waals surface area (Å²) in [7, 11) is 0. The van der Waals surface area contributed by atoms with Crippen LogP contribution in [0.4, 0.5) is 8.78 Å². The van der Waals surface area contributed by atoms with Crippen LogP contribution < -0.4 is 5.56 Å². The van der Waals surface area contributed by atoms with Gasteiger partial charge in [0.25, 0.3) is 5.56 Å². The Morgan fingerprint density at radius 1 is 0.967 bits per heavy atom. The standard InChI is InChI=1S/C22H20F2N4OS/c1-3-28-20-19(14(2)26-28)25-22(30-13-16-6-10-18(24)11-7-16)27(21(20)29)12-15-4-8-17(23)9-5-15/h4-11H,3,12-13H2,1-2H3. The van der Waals surface area contributed by atoms with Gasteiger partial charge in [0, 0.05) is 12.3 Å². The zero-order valence-electron chi connectivity index (χ0n) is 16.6. The molecule has 2 heterocycles. The van der Waals surface area contributed by atoms with Crippen LogP contribution >= 0.6 is 11.8 Å². The third-order valence-corrected chi connectivity index (χ3v) is 5.86. The summed E-state index contributed by atoms with van der Waals surface area (Å²) in [6.45, 7) is 4.58. The van der Waals surface area contributed by atoms with Gasteiger partial charge in [-0.15, -0.1) is 0 Å². The molecule has 0 saturated carbocycles. The fourth-order valence-corrected chi connectivity index (χ4v) is 4.21. The second-order valence-electron chi connectivity index (χ2n) is 6.93. The van der Waals surface area contributed by atoms with Crippen LogP contribution in [0.2, 0.25) is 0 Å². The number of thioether (sulfide) groups is 1. The normalized spacial score (nSPS) is 11.3. The summed E-state index contributed by atoms with van der Waals surface area (Å²) in [5, 5.41) is 4.98. The van der Waals surface area contributed by atoms with Gasteiger partial charge in [-0.2, -0.15) is 5.10 Å². The van der Waals surface area contributed by atoms with Crippen molar-refractivity contribution in [3.63, 3.8) is 0 Å². The average Bonchev–Trinajstić information content (AvgIpc) is 3.07. The van der Waals surface area contributed by atoms with Gasteiger partial charge in [0.1, 0.15) is 17.2 Å². The van der Waals surface area contributed by atoms with Crippen LogP contribution in [-0.4, -0.2) is 19.3 Å². The Kier molecular flexibility index (Phi) is 5.67. The first-order valence-corrected chi connectivity index (χ1v) is 10.5. The molecule has 0 radical (unpaired) electrons. The highest BCUT2D eigenvalue weighted by Gasteiger charge is 2.18. The number of nitrogens with zero attached hydrogens (tertiary/aromatic N) is 4. The topological polar surface area (TPSA) is 52.7 Å². The Morgan fingerprint density at radius 2 is 1.57 bits per heavy atom. The number of hydrogen-bond acceptors (Lipinski definition) is 4. The maximum atomic E-state index is 13.4. The van der Waals surface area contributed by atoms with E-state index in [0.29, 0.717) is 34.2 Å². The summed E-state index contributed by atoms with van der Waals surface area (Å²) in [5.74, 6) is -0.0906. The first-order valence-electron chi connectivity index (χ1n) is 9.56. The maximum absolute atomic E-state index is 13.4. The summed E-state index contributed by atoms with van der Waals surface area (Å²) in [6.07, 6.45) is 0. The number of hydrogen-bond donors (Lipinski definition) is 0. The van der Waals surface area contributed by atoms with Crippen LogP contribution in [-0.2, 0) is 18.8 Å². The molecule has 0 aliphatic carbocycles. The molecule has 0 bridgehead atoms. The predicted octanol–water partition coefficient (Wildman–Crippen LogP) is 4.54. The SMILES string of the molecule is CCn1nc(C)c2nc(SCc3ccc(F)cc3)n(Cc3ccc(F)cc3)c(=O)c21. The zero-order chi connectivity index (χ0) is 21.3. The lowest BCUT2D eigenvalue weighted by atomic mass is 10.2. The van der Waals surface area contributed by atoms with Gasteiger partial charge in [-0.1, -0.05) is 36.0 Å². The summed E-state index contributed by atoms with van der Waals surface area (Å²) in [5.41, 5.74) is 3.27. The zero-order valence-corrected chi connectivity index (χ0v) is 17.4. The minimum absolute atomic E-state index is 0.187. The fourth-order valence-electron chi connectivity index (χ4n) is 3.27. The van der Waals surface area contributed by atoms with Gasteiger partial charge in [0.05, 0.1) is 12.2 Å². The molecule has 4 rings (SSSR count). The Labute approximate surface area is 176 Å². The summed E-state index contributed by atoms with van der Waals surface area (Å²) < 4.78 is 29.8. The molecule has 2 aromatic carbocycles. The van der Waals surface area contributed by atoms with Crippen LogP contribution in [0.1, 0.15) is 23.7 Å². The second kappa shape index (κ2) is 8.39. The van der Waals surface area contributed by atoms with E-state index in [2.05, 4.69) is 5.10 Å². The van der Waals surface area contributed by atoms with Gasteiger partial charge in [-0.25, -0.2) is 13.8 Å². The molecular formula is C22H20F2N4OS. The lowest BCUT2D eigenvalue weighted by Gasteiger charge is -2.13. The molecule has 0 spiro atoms. The smallest absolute Gasteiger partial charge is 0.280 e. The van der Waals surface area contributed by atoms with Crippen molar-refractivity contribution in [1.82, 2.24) is 19.3 Å². The Balaban J connectivity index is 1.79. The number of rotatable bonds is 6. The van der Waals surface area contributed by atoms with Crippen LogP contribution in [0.15, 0.2) is 58.5 Å². The lowest BCUT2D eigenvalue weighted by Crippen LogP contribution is -2.25. The van der Waals surface area contributed by atoms with Crippen molar-refractivity contribution in [3.05, 3.63) is 87.3 Å². The highest BCUT2D eigenvalue weighted by Crippen LogP contribution is 2.24. The van der Waals surface area contributed by atoms with E-state index in [1.165, 1.54) is 36.0 Å². The highest BCUT2D eigenvalue weighted by atomic mass is 32.2. The van der Waals surface area contributed by atoms with Crippen molar-refractivity contribution in [2.24, 2.45) is 0 Å². The van der Waals surface area contributed by atoms with Gasteiger partial charge in [0.15, 0.2) is 10.7 Å². The molecule has 0 aliphatic heterocycles. The molecule has 4 aromatic rings. The molecule has 154 valence electrons. The molecule has 0 atom stereocenters. The van der Waals surface area contributed by atoms with Crippen molar-refractivity contribution < 1.29 is 8.78 Å². The van der Waals surface area contributed by atoms with E-state index < -0.39 is 0 Å². The Hall–Kier alpha value is -3.00. The predicted molar refractivity (Wildman–Crippen MR) is 114 cm³/mol. The number of halogens is 2. The van der Waals surface area contributed by atoms with Crippen LogP contribution in [0.5, 0.6) is 0 Å². The minimum Gasteiger partial charge on any atom is -0.281 e. The van der Waals surface area contributed by atoms with E-state index in [1.807, 2.05) is 13.8 Å². The molecular weight excluding hydrogens is 406 g/mol.